The van der Waals surface area contributed by atoms with Gasteiger partial charge in [-0.3, -0.25) is 19.2 Å². The molecule has 1 rings (SSSR count). The summed E-state index contributed by atoms with van der Waals surface area (Å²) in [5, 5.41) is 55.9. The highest BCUT2D eigenvalue weighted by molar-refractivity contribution is 5.95. The molecular formula is C23H35N5O10. The summed E-state index contributed by atoms with van der Waals surface area (Å²) in [6.45, 7) is 0.679. The molecule has 0 bridgehead atoms. The van der Waals surface area contributed by atoms with E-state index in [0.29, 0.717) is 5.56 Å². The number of carbonyl (C=O) groups is 5. The first-order valence-corrected chi connectivity index (χ1v) is 11.6. The van der Waals surface area contributed by atoms with Gasteiger partial charge in [-0.25, -0.2) is 4.79 Å². The van der Waals surface area contributed by atoms with E-state index in [1.807, 2.05) is 0 Å². The minimum Gasteiger partial charge on any atom is -0.508 e. The van der Waals surface area contributed by atoms with Crippen LogP contribution in [-0.2, 0) is 30.4 Å². The average molecular weight is 542 g/mol. The van der Waals surface area contributed by atoms with E-state index >= 15 is 0 Å². The fraction of sp³-hybridized carbons (Fsp3) is 0.522. The standard InChI is InChI=1S/C23H35N5O10/c1-11(2)18(28-21(35)17(10-31)26-19(33)14(24)8-29)22(36)27-16(9-30)20(34)25-15(23(37)38)7-12-3-5-13(32)6-4-12/h3-6,11,14-18,29-32H,7-10,24H2,1-2H3,(H,25,34)(H,26,33)(H,27,36)(H,28,35)(H,37,38)/t14-,15-,16-,17-,18-/m0/s1. The highest BCUT2D eigenvalue weighted by atomic mass is 16.4. The second-order valence-electron chi connectivity index (χ2n) is 8.78. The number of aliphatic hydroxyl groups is 3. The minimum atomic E-state index is -1.57. The lowest BCUT2D eigenvalue weighted by molar-refractivity contribution is -0.142. The Morgan fingerprint density at radius 2 is 1.21 bits per heavy atom. The number of hydrogen-bond acceptors (Lipinski definition) is 10. The Labute approximate surface area is 218 Å². The normalized spacial score (nSPS) is 14.9. The van der Waals surface area contributed by atoms with Crippen LogP contribution in [0.2, 0.25) is 0 Å². The first-order chi connectivity index (χ1) is 17.8. The number of nitrogens with one attached hydrogen (secondary N) is 4. The zero-order valence-electron chi connectivity index (χ0n) is 21.0. The molecule has 15 nitrogen and oxygen atoms in total. The molecular weight excluding hydrogens is 506 g/mol. The van der Waals surface area contributed by atoms with Crippen molar-refractivity contribution < 1.29 is 49.5 Å². The molecule has 0 saturated heterocycles. The number of rotatable bonds is 15. The molecule has 0 radical (unpaired) electrons. The number of aliphatic carboxylic acids is 1. The fourth-order valence-electron chi connectivity index (χ4n) is 3.14. The summed E-state index contributed by atoms with van der Waals surface area (Å²) < 4.78 is 0. The number of phenols is 1. The molecule has 0 heterocycles. The molecule has 11 N–H and O–H groups in total. The molecule has 0 fully saturated rings. The van der Waals surface area contributed by atoms with Crippen LogP contribution in [0.5, 0.6) is 5.75 Å². The van der Waals surface area contributed by atoms with Crippen molar-refractivity contribution in [1.29, 1.82) is 0 Å². The minimum absolute atomic E-state index is 0.0269. The Bertz CT molecular complexity index is 972. The van der Waals surface area contributed by atoms with Gasteiger partial charge in [0.1, 0.15) is 36.0 Å². The number of aromatic hydroxyl groups is 1. The molecule has 0 spiro atoms. The van der Waals surface area contributed by atoms with E-state index in [-0.39, 0.29) is 12.2 Å². The molecule has 0 aliphatic rings. The number of phenolic OH excluding ortho intramolecular Hbond substituents is 1. The van der Waals surface area contributed by atoms with Crippen LogP contribution in [0.3, 0.4) is 0 Å². The van der Waals surface area contributed by atoms with Gasteiger partial charge in [0.25, 0.3) is 0 Å². The van der Waals surface area contributed by atoms with Crippen molar-refractivity contribution in [2.24, 2.45) is 11.7 Å². The van der Waals surface area contributed by atoms with Gasteiger partial charge in [0.05, 0.1) is 19.8 Å². The maximum atomic E-state index is 12.9. The number of amides is 4. The van der Waals surface area contributed by atoms with Gasteiger partial charge in [-0.1, -0.05) is 26.0 Å². The maximum Gasteiger partial charge on any atom is 0.326 e. The van der Waals surface area contributed by atoms with Crippen molar-refractivity contribution in [2.45, 2.75) is 50.5 Å². The predicted molar refractivity (Wildman–Crippen MR) is 131 cm³/mol. The molecule has 1 aromatic carbocycles. The highest BCUT2D eigenvalue weighted by Gasteiger charge is 2.32. The Balaban J connectivity index is 2.89. The van der Waals surface area contributed by atoms with Gasteiger partial charge in [-0.2, -0.15) is 0 Å². The molecule has 212 valence electrons. The molecule has 5 atom stereocenters. The number of hydrogen-bond donors (Lipinski definition) is 10. The van der Waals surface area contributed by atoms with E-state index in [2.05, 4.69) is 21.3 Å². The molecule has 0 aliphatic heterocycles. The van der Waals surface area contributed by atoms with Crippen molar-refractivity contribution in [3.8, 4) is 5.75 Å². The zero-order chi connectivity index (χ0) is 29.0. The SMILES string of the molecule is CC(C)[C@H](NC(=O)[C@H](CO)NC(=O)[C@@H](N)CO)C(=O)N[C@@H](CO)C(=O)N[C@@H](Cc1ccc(O)cc1)C(=O)O. The summed E-state index contributed by atoms with van der Waals surface area (Å²) in [4.78, 5) is 61.6. The monoisotopic (exact) mass is 541 g/mol. The maximum absolute atomic E-state index is 12.9. The number of nitrogens with two attached hydrogens (primary N) is 1. The van der Waals surface area contributed by atoms with Gasteiger partial charge >= 0.3 is 5.97 Å². The third-order valence-corrected chi connectivity index (χ3v) is 5.40. The molecule has 1 aromatic rings. The Hall–Kier alpha value is -3.79. The number of carbonyl (C=O) groups excluding carboxylic acids is 4. The van der Waals surface area contributed by atoms with E-state index in [1.165, 1.54) is 24.3 Å². The van der Waals surface area contributed by atoms with Crippen molar-refractivity contribution >= 4 is 29.6 Å². The lowest BCUT2D eigenvalue weighted by Gasteiger charge is -2.27. The van der Waals surface area contributed by atoms with Crippen molar-refractivity contribution in [1.82, 2.24) is 21.3 Å². The van der Waals surface area contributed by atoms with E-state index in [1.54, 1.807) is 13.8 Å². The number of aliphatic hydroxyl groups excluding tert-OH is 3. The van der Waals surface area contributed by atoms with Crippen LogP contribution in [0.1, 0.15) is 19.4 Å². The van der Waals surface area contributed by atoms with Crippen LogP contribution in [0.4, 0.5) is 0 Å². The highest BCUT2D eigenvalue weighted by Crippen LogP contribution is 2.12. The smallest absolute Gasteiger partial charge is 0.326 e. The topological polar surface area (TPSA) is 261 Å². The van der Waals surface area contributed by atoms with Gasteiger partial charge in [-0.15, -0.1) is 0 Å². The number of carboxylic acids is 1. The van der Waals surface area contributed by atoms with Gasteiger partial charge in [0, 0.05) is 6.42 Å². The molecule has 0 aliphatic carbocycles. The number of carboxylic acid groups (broad SMARTS) is 1. The summed E-state index contributed by atoms with van der Waals surface area (Å²) in [5.41, 5.74) is 5.86. The second kappa shape index (κ2) is 15.5. The van der Waals surface area contributed by atoms with Gasteiger partial charge in [-0.05, 0) is 23.6 Å². The van der Waals surface area contributed by atoms with Gasteiger partial charge in [0.2, 0.25) is 23.6 Å². The molecule has 0 unspecified atom stereocenters. The molecule has 4 amide bonds. The molecule has 0 saturated carbocycles. The van der Waals surface area contributed by atoms with E-state index < -0.39 is 85.5 Å². The van der Waals surface area contributed by atoms with E-state index in [9.17, 15) is 44.4 Å². The largest absolute Gasteiger partial charge is 0.508 e. The first kappa shape index (κ1) is 32.2. The van der Waals surface area contributed by atoms with Crippen molar-refractivity contribution in [3.05, 3.63) is 29.8 Å². The Morgan fingerprint density at radius 3 is 1.66 bits per heavy atom. The average Bonchev–Trinajstić information content (AvgIpc) is 2.88. The predicted octanol–water partition coefficient (Wildman–Crippen LogP) is -4.08. The van der Waals surface area contributed by atoms with Crippen molar-refractivity contribution in [2.75, 3.05) is 19.8 Å². The van der Waals surface area contributed by atoms with Gasteiger partial charge in [0.15, 0.2) is 0 Å². The third-order valence-electron chi connectivity index (χ3n) is 5.40. The van der Waals surface area contributed by atoms with Crippen LogP contribution in [0, 0.1) is 5.92 Å². The van der Waals surface area contributed by atoms with Crippen LogP contribution < -0.4 is 27.0 Å². The molecule has 38 heavy (non-hydrogen) atoms. The van der Waals surface area contributed by atoms with E-state index in [0.717, 1.165) is 0 Å². The summed E-state index contributed by atoms with van der Waals surface area (Å²) in [7, 11) is 0. The van der Waals surface area contributed by atoms with E-state index in [4.69, 9.17) is 10.8 Å². The Morgan fingerprint density at radius 1 is 0.737 bits per heavy atom. The summed E-state index contributed by atoms with van der Waals surface area (Å²) in [6.07, 6.45) is -0.146. The quantitative estimate of drug-likeness (QED) is 0.102. The van der Waals surface area contributed by atoms with Crippen LogP contribution in [0.25, 0.3) is 0 Å². The fourth-order valence-corrected chi connectivity index (χ4v) is 3.14. The zero-order valence-corrected chi connectivity index (χ0v) is 21.0. The third kappa shape index (κ3) is 9.93. The van der Waals surface area contributed by atoms with Crippen LogP contribution >= 0.6 is 0 Å². The second-order valence-corrected chi connectivity index (χ2v) is 8.78. The Kier molecular flexibility index (Phi) is 13.1. The molecule has 0 aromatic heterocycles. The number of benzene rings is 1. The van der Waals surface area contributed by atoms with Crippen LogP contribution in [0.15, 0.2) is 24.3 Å². The summed E-state index contributed by atoms with van der Waals surface area (Å²) >= 11 is 0. The first-order valence-electron chi connectivity index (χ1n) is 11.6. The lowest BCUT2D eigenvalue weighted by Crippen LogP contribution is -2.61. The van der Waals surface area contributed by atoms with Gasteiger partial charge < -0.3 is 52.5 Å². The lowest BCUT2D eigenvalue weighted by atomic mass is 10.0. The van der Waals surface area contributed by atoms with Crippen molar-refractivity contribution in [3.63, 3.8) is 0 Å². The molecule has 15 heteroatoms. The summed E-state index contributed by atoms with van der Waals surface area (Å²) in [5.74, 6) is -5.73. The summed E-state index contributed by atoms with van der Waals surface area (Å²) in [6, 6.07) is -1.47. The van der Waals surface area contributed by atoms with Crippen LogP contribution in [-0.4, -0.2) is 105 Å².